The summed E-state index contributed by atoms with van der Waals surface area (Å²) in [5, 5.41) is 3.27. The fraction of sp³-hybridized carbons (Fsp3) is 0.500. The van der Waals surface area contributed by atoms with E-state index >= 15 is 0 Å². The molecule has 1 amide bonds. The minimum atomic E-state index is -0.209. The van der Waals surface area contributed by atoms with Gasteiger partial charge in [0.25, 0.3) is 5.91 Å². The number of rotatable bonds is 4. The van der Waals surface area contributed by atoms with Crippen LogP contribution in [0.4, 0.5) is 5.69 Å². The van der Waals surface area contributed by atoms with Crippen molar-refractivity contribution in [3.8, 4) is 0 Å². The third kappa shape index (κ3) is 3.71. The van der Waals surface area contributed by atoms with Crippen molar-refractivity contribution in [3.63, 3.8) is 0 Å². The van der Waals surface area contributed by atoms with E-state index < -0.39 is 0 Å². The van der Waals surface area contributed by atoms with Crippen LogP contribution in [0.1, 0.15) is 24.3 Å². The number of carbonyl (C=O) groups is 1. The number of amides is 1. The predicted octanol–water partition coefficient (Wildman–Crippen LogP) is 0.933. The second kappa shape index (κ2) is 5.14. The summed E-state index contributed by atoms with van der Waals surface area (Å²) in [6, 6.07) is 3.56. The molecule has 5 heteroatoms. The highest BCUT2D eigenvalue weighted by atomic mass is 16.2. The number of carbonyl (C=O) groups excluding carboxylic acids is 1. The third-order valence-electron chi connectivity index (χ3n) is 2.38. The number of nitrogens with two attached hydrogens (primary N) is 1. The first kappa shape index (κ1) is 13.4. The Balaban J connectivity index is 2.90. The summed E-state index contributed by atoms with van der Waals surface area (Å²) in [6.07, 6.45) is 1.62. The van der Waals surface area contributed by atoms with Gasteiger partial charge >= 0.3 is 0 Å². The van der Waals surface area contributed by atoms with Crippen molar-refractivity contribution in [1.29, 1.82) is 0 Å². The minimum absolute atomic E-state index is 0.112. The molecule has 1 rings (SSSR count). The first-order valence-electron chi connectivity index (χ1n) is 5.52. The van der Waals surface area contributed by atoms with Crippen LogP contribution >= 0.6 is 0 Å². The van der Waals surface area contributed by atoms with Crippen molar-refractivity contribution >= 4 is 11.6 Å². The molecular weight excluding hydrogens is 216 g/mol. The van der Waals surface area contributed by atoms with Crippen molar-refractivity contribution in [3.05, 3.63) is 24.0 Å². The van der Waals surface area contributed by atoms with Crippen LogP contribution in [0.15, 0.2) is 18.3 Å². The molecule has 1 heterocycles. The number of nitrogens with one attached hydrogen (secondary N) is 1. The van der Waals surface area contributed by atoms with E-state index in [1.54, 1.807) is 26.4 Å². The number of pyridine rings is 1. The average Bonchev–Trinajstić information content (AvgIpc) is 2.27. The van der Waals surface area contributed by atoms with Crippen molar-refractivity contribution in [2.24, 2.45) is 5.73 Å². The molecule has 0 aromatic carbocycles. The van der Waals surface area contributed by atoms with Gasteiger partial charge in [0.1, 0.15) is 5.69 Å². The highest BCUT2D eigenvalue weighted by molar-refractivity contribution is 5.92. The molecule has 0 bridgehead atoms. The lowest BCUT2D eigenvalue weighted by atomic mass is 10.1. The molecule has 5 nitrogen and oxygen atoms in total. The smallest absolute Gasteiger partial charge is 0.272 e. The maximum absolute atomic E-state index is 11.7. The van der Waals surface area contributed by atoms with E-state index in [9.17, 15) is 4.79 Å². The third-order valence-corrected chi connectivity index (χ3v) is 2.38. The Morgan fingerprint density at radius 2 is 2.18 bits per heavy atom. The van der Waals surface area contributed by atoms with E-state index in [-0.39, 0.29) is 11.4 Å². The molecule has 0 aliphatic carbocycles. The SMILES string of the molecule is CN(C)C(=O)c1cc(NC(C)(C)CN)ccn1. The monoisotopic (exact) mass is 236 g/mol. The van der Waals surface area contributed by atoms with E-state index in [0.717, 1.165) is 5.69 Å². The molecule has 0 fully saturated rings. The Morgan fingerprint density at radius 3 is 2.71 bits per heavy atom. The van der Waals surface area contributed by atoms with E-state index in [4.69, 9.17) is 5.73 Å². The fourth-order valence-electron chi connectivity index (χ4n) is 1.30. The van der Waals surface area contributed by atoms with Crippen LogP contribution in [0, 0.1) is 0 Å². The molecule has 0 atom stereocenters. The van der Waals surface area contributed by atoms with Gasteiger partial charge in [0, 0.05) is 38.1 Å². The van der Waals surface area contributed by atoms with Crippen LogP contribution < -0.4 is 11.1 Å². The molecule has 0 spiro atoms. The Hall–Kier alpha value is -1.62. The van der Waals surface area contributed by atoms with E-state index in [1.165, 1.54) is 4.90 Å². The van der Waals surface area contributed by atoms with Gasteiger partial charge in [0.05, 0.1) is 0 Å². The van der Waals surface area contributed by atoms with Crippen molar-refractivity contribution < 1.29 is 4.79 Å². The van der Waals surface area contributed by atoms with Gasteiger partial charge in [-0.1, -0.05) is 0 Å². The number of hydrogen-bond acceptors (Lipinski definition) is 4. The summed E-state index contributed by atoms with van der Waals surface area (Å²) in [4.78, 5) is 17.3. The summed E-state index contributed by atoms with van der Waals surface area (Å²) in [5.74, 6) is -0.112. The molecular formula is C12H20N4O. The molecule has 0 radical (unpaired) electrons. The maximum Gasteiger partial charge on any atom is 0.272 e. The quantitative estimate of drug-likeness (QED) is 0.816. The molecule has 0 saturated heterocycles. The standard InChI is InChI=1S/C12H20N4O/c1-12(2,8-13)15-9-5-6-14-10(7-9)11(17)16(3)4/h5-7H,8,13H2,1-4H3,(H,14,15). The van der Waals surface area contributed by atoms with Gasteiger partial charge in [-0.2, -0.15) is 0 Å². The van der Waals surface area contributed by atoms with Gasteiger partial charge < -0.3 is 16.0 Å². The topological polar surface area (TPSA) is 71.2 Å². The van der Waals surface area contributed by atoms with Crippen molar-refractivity contribution in [2.45, 2.75) is 19.4 Å². The molecule has 17 heavy (non-hydrogen) atoms. The molecule has 1 aromatic heterocycles. The lowest BCUT2D eigenvalue weighted by Gasteiger charge is -2.25. The number of aromatic nitrogens is 1. The van der Waals surface area contributed by atoms with Crippen molar-refractivity contribution in [2.75, 3.05) is 26.0 Å². The van der Waals surface area contributed by atoms with Crippen molar-refractivity contribution in [1.82, 2.24) is 9.88 Å². The molecule has 94 valence electrons. The number of hydrogen-bond donors (Lipinski definition) is 2. The van der Waals surface area contributed by atoms with Crippen LogP contribution in [-0.4, -0.2) is 42.0 Å². The van der Waals surface area contributed by atoms with Crippen LogP contribution in [0.2, 0.25) is 0 Å². The molecule has 0 aliphatic rings. The average molecular weight is 236 g/mol. The lowest BCUT2D eigenvalue weighted by Crippen LogP contribution is -2.39. The molecule has 0 unspecified atom stereocenters. The Morgan fingerprint density at radius 1 is 1.53 bits per heavy atom. The zero-order valence-corrected chi connectivity index (χ0v) is 10.8. The Bertz CT molecular complexity index is 401. The summed E-state index contributed by atoms with van der Waals surface area (Å²) in [7, 11) is 3.40. The number of anilines is 1. The second-order valence-corrected chi connectivity index (χ2v) is 4.84. The first-order valence-corrected chi connectivity index (χ1v) is 5.52. The highest BCUT2D eigenvalue weighted by Crippen LogP contribution is 2.15. The number of nitrogens with zero attached hydrogens (tertiary/aromatic N) is 2. The van der Waals surface area contributed by atoms with Gasteiger partial charge in [0.15, 0.2) is 0 Å². The van der Waals surface area contributed by atoms with Crippen LogP contribution in [-0.2, 0) is 0 Å². The van der Waals surface area contributed by atoms with E-state index in [1.807, 2.05) is 19.9 Å². The highest BCUT2D eigenvalue weighted by Gasteiger charge is 2.16. The molecule has 0 aliphatic heterocycles. The van der Waals surface area contributed by atoms with E-state index in [0.29, 0.717) is 12.2 Å². The first-order chi connectivity index (χ1) is 7.85. The van der Waals surface area contributed by atoms with Gasteiger partial charge in [-0.25, -0.2) is 0 Å². The molecule has 3 N–H and O–H groups in total. The largest absolute Gasteiger partial charge is 0.379 e. The Labute approximate surface area is 102 Å². The summed E-state index contributed by atoms with van der Waals surface area (Å²) < 4.78 is 0. The zero-order chi connectivity index (χ0) is 13.1. The molecule has 0 saturated carbocycles. The van der Waals surface area contributed by atoms with Gasteiger partial charge in [-0.3, -0.25) is 9.78 Å². The van der Waals surface area contributed by atoms with E-state index in [2.05, 4.69) is 10.3 Å². The van der Waals surface area contributed by atoms with Crippen LogP contribution in [0.3, 0.4) is 0 Å². The second-order valence-electron chi connectivity index (χ2n) is 4.84. The normalized spacial score (nSPS) is 11.1. The summed E-state index contributed by atoms with van der Waals surface area (Å²) in [5.41, 5.74) is 6.71. The van der Waals surface area contributed by atoms with Crippen LogP contribution in [0.5, 0.6) is 0 Å². The van der Waals surface area contributed by atoms with Gasteiger partial charge in [-0.05, 0) is 26.0 Å². The molecule has 1 aromatic rings. The predicted molar refractivity (Wildman–Crippen MR) is 69.0 cm³/mol. The lowest BCUT2D eigenvalue weighted by molar-refractivity contribution is 0.0822. The summed E-state index contributed by atoms with van der Waals surface area (Å²) in [6.45, 7) is 4.51. The fourth-order valence-corrected chi connectivity index (χ4v) is 1.30. The van der Waals surface area contributed by atoms with Crippen LogP contribution in [0.25, 0.3) is 0 Å². The van der Waals surface area contributed by atoms with Gasteiger partial charge in [-0.15, -0.1) is 0 Å². The van der Waals surface area contributed by atoms with Gasteiger partial charge in [0.2, 0.25) is 0 Å². The Kier molecular flexibility index (Phi) is 4.07. The minimum Gasteiger partial charge on any atom is -0.379 e. The zero-order valence-electron chi connectivity index (χ0n) is 10.8. The maximum atomic E-state index is 11.7. The summed E-state index contributed by atoms with van der Waals surface area (Å²) >= 11 is 0.